The Morgan fingerprint density at radius 3 is 2.96 bits per heavy atom. The van der Waals surface area contributed by atoms with Crippen molar-refractivity contribution < 1.29 is 18.7 Å². The number of fused-ring (bicyclic) bond motifs is 1. The Balaban J connectivity index is 1.82. The minimum Gasteiger partial charge on any atom is -0.492 e. The van der Waals surface area contributed by atoms with Gasteiger partial charge in [-0.2, -0.15) is 0 Å². The molecular weight excluding hydrogens is 345 g/mol. The summed E-state index contributed by atoms with van der Waals surface area (Å²) in [4.78, 5) is 12.4. The summed E-state index contributed by atoms with van der Waals surface area (Å²) in [5, 5.41) is 3.00. The van der Waals surface area contributed by atoms with E-state index in [1.165, 1.54) is 12.1 Å². The molecule has 25 heavy (non-hydrogen) atoms. The van der Waals surface area contributed by atoms with E-state index in [4.69, 9.17) is 21.1 Å². The molecule has 0 spiro atoms. The fourth-order valence-electron chi connectivity index (χ4n) is 2.87. The molecule has 1 heterocycles. The average Bonchev–Trinajstić information content (AvgIpc) is 2.90. The van der Waals surface area contributed by atoms with Crippen LogP contribution >= 0.6 is 11.6 Å². The second-order valence-electron chi connectivity index (χ2n) is 5.95. The fraction of sp³-hybridized carbons (Fsp3) is 0.316. The van der Waals surface area contributed by atoms with Crippen molar-refractivity contribution in [2.45, 2.75) is 32.8 Å². The zero-order chi connectivity index (χ0) is 18.0. The molecule has 0 saturated carbocycles. The molecule has 4 nitrogen and oxygen atoms in total. The summed E-state index contributed by atoms with van der Waals surface area (Å²) in [5.41, 5.74) is 1.73. The van der Waals surface area contributed by atoms with Crippen molar-refractivity contribution in [3.05, 3.63) is 52.3 Å². The van der Waals surface area contributed by atoms with E-state index >= 15 is 0 Å². The Labute approximate surface area is 150 Å². The van der Waals surface area contributed by atoms with Gasteiger partial charge in [0.2, 0.25) is 5.91 Å². The van der Waals surface area contributed by atoms with E-state index in [1.54, 1.807) is 12.1 Å². The quantitative estimate of drug-likeness (QED) is 0.857. The van der Waals surface area contributed by atoms with Crippen LogP contribution in [0, 0.1) is 5.82 Å². The Bertz CT molecular complexity index is 789. The maximum Gasteiger partial charge on any atom is 0.229 e. The molecule has 0 aromatic heterocycles. The van der Waals surface area contributed by atoms with E-state index in [-0.39, 0.29) is 29.0 Å². The molecule has 1 atom stereocenters. The van der Waals surface area contributed by atoms with Crippen molar-refractivity contribution in [2.24, 2.45) is 0 Å². The van der Waals surface area contributed by atoms with Gasteiger partial charge in [-0.05, 0) is 32.0 Å². The van der Waals surface area contributed by atoms with Crippen LogP contribution in [0.4, 0.5) is 10.1 Å². The number of halogens is 2. The molecule has 1 amide bonds. The highest BCUT2D eigenvalue weighted by molar-refractivity contribution is 6.31. The van der Waals surface area contributed by atoms with E-state index in [0.717, 1.165) is 17.7 Å². The van der Waals surface area contributed by atoms with Gasteiger partial charge in [0.05, 0.1) is 18.7 Å². The molecule has 0 fully saturated rings. The average molecular weight is 364 g/mol. The third-order valence-electron chi connectivity index (χ3n) is 3.97. The smallest absolute Gasteiger partial charge is 0.229 e. The van der Waals surface area contributed by atoms with Crippen LogP contribution in [0.3, 0.4) is 0 Å². The van der Waals surface area contributed by atoms with Crippen LogP contribution < -0.4 is 14.8 Å². The lowest BCUT2D eigenvalue weighted by atomic mass is 10.1. The summed E-state index contributed by atoms with van der Waals surface area (Å²) in [7, 11) is 0. The highest BCUT2D eigenvalue weighted by Gasteiger charge is 2.23. The summed E-state index contributed by atoms with van der Waals surface area (Å²) in [6, 6.07) is 7.98. The normalized spacial score (nSPS) is 15.4. The molecule has 1 aliphatic rings. The van der Waals surface area contributed by atoms with Gasteiger partial charge in [0.15, 0.2) is 0 Å². The monoisotopic (exact) mass is 363 g/mol. The Morgan fingerprint density at radius 1 is 1.44 bits per heavy atom. The summed E-state index contributed by atoms with van der Waals surface area (Å²) >= 11 is 5.99. The molecule has 0 bridgehead atoms. The molecule has 2 aromatic carbocycles. The van der Waals surface area contributed by atoms with Crippen molar-refractivity contribution in [1.82, 2.24) is 0 Å². The summed E-state index contributed by atoms with van der Waals surface area (Å²) in [6.45, 7) is 4.33. The number of hydrogen-bond donors (Lipinski definition) is 1. The number of rotatable bonds is 5. The van der Waals surface area contributed by atoms with Gasteiger partial charge in [-0.1, -0.05) is 17.7 Å². The van der Waals surface area contributed by atoms with Crippen LogP contribution in [0.5, 0.6) is 11.5 Å². The van der Waals surface area contributed by atoms with Gasteiger partial charge in [0.25, 0.3) is 0 Å². The lowest BCUT2D eigenvalue weighted by molar-refractivity contribution is -0.115. The number of carbonyl (C=O) groups excluding carboxylic acids is 1. The summed E-state index contributed by atoms with van der Waals surface area (Å²) in [5.74, 6) is 0.430. The van der Waals surface area contributed by atoms with Crippen LogP contribution in [0.2, 0.25) is 5.02 Å². The van der Waals surface area contributed by atoms with E-state index in [0.29, 0.717) is 18.0 Å². The lowest BCUT2D eigenvalue weighted by Gasteiger charge is -2.14. The molecule has 1 N–H and O–H groups in total. The minimum absolute atomic E-state index is 0.0904. The summed E-state index contributed by atoms with van der Waals surface area (Å²) < 4.78 is 25.2. The lowest BCUT2D eigenvalue weighted by Crippen LogP contribution is -2.16. The van der Waals surface area contributed by atoms with E-state index in [1.807, 2.05) is 19.9 Å². The molecule has 0 aliphatic carbocycles. The third-order valence-corrected chi connectivity index (χ3v) is 4.33. The molecule has 6 heteroatoms. The van der Waals surface area contributed by atoms with Crippen molar-refractivity contribution in [3.8, 4) is 11.5 Å². The van der Waals surface area contributed by atoms with Gasteiger partial charge in [-0.25, -0.2) is 4.39 Å². The first-order chi connectivity index (χ1) is 12.0. The molecular formula is C19H19ClFNO3. The van der Waals surface area contributed by atoms with Crippen molar-refractivity contribution >= 4 is 23.2 Å². The van der Waals surface area contributed by atoms with Gasteiger partial charge in [0, 0.05) is 28.6 Å². The first-order valence-corrected chi connectivity index (χ1v) is 8.54. The van der Waals surface area contributed by atoms with Crippen LogP contribution in [0.1, 0.15) is 25.0 Å². The molecule has 3 rings (SSSR count). The Kier molecular flexibility index (Phi) is 5.13. The zero-order valence-corrected chi connectivity index (χ0v) is 14.8. The van der Waals surface area contributed by atoms with E-state index in [2.05, 4.69) is 5.32 Å². The molecule has 0 saturated heterocycles. The van der Waals surface area contributed by atoms with Gasteiger partial charge in [-0.15, -0.1) is 0 Å². The Hall–Kier alpha value is -2.27. The maximum atomic E-state index is 13.9. The highest BCUT2D eigenvalue weighted by atomic mass is 35.5. The van der Waals surface area contributed by atoms with Gasteiger partial charge < -0.3 is 14.8 Å². The molecule has 1 aliphatic heterocycles. The van der Waals surface area contributed by atoms with Crippen LogP contribution in [0.15, 0.2) is 30.3 Å². The SMILES string of the molecule is CCOc1cc2c(cc1NC(=O)Cc1c(F)cccc1Cl)O[C@H](C)C2. The predicted octanol–water partition coefficient (Wildman–Crippen LogP) is 4.38. The number of anilines is 1. The van der Waals surface area contributed by atoms with Crippen LogP contribution in [-0.2, 0) is 17.6 Å². The zero-order valence-electron chi connectivity index (χ0n) is 14.1. The maximum absolute atomic E-state index is 13.9. The predicted molar refractivity (Wildman–Crippen MR) is 95.1 cm³/mol. The molecule has 0 unspecified atom stereocenters. The second kappa shape index (κ2) is 7.31. The summed E-state index contributed by atoms with van der Waals surface area (Å²) in [6.07, 6.45) is 0.729. The number of nitrogens with one attached hydrogen (secondary N) is 1. The van der Waals surface area contributed by atoms with Crippen molar-refractivity contribution in [1.29, 1.82) is 0 Å². The third kappa shape index (κ3) is 3.87. The second-order valence-corrected chi connectivity index (χ2v) is 6.35. The molecule has 132 valence electrons. The first kappa shape index (κ1) is 17.5. The number of hydrogen-bond acceptors (Lipinski definition) is 3. The Morgan fingerprint density at radius 2 is 2.24 bits per heavy atom. The number of ether oxygens (including phenoxy) is 2. The van der Waals surface area contributed by atoms with Gasteiger partial charge in [0.1, 0.15) is 23.4 Å². The largest absolute Gasteiger partial charge is 0.492 e. The standard InChI is InChI=1S/C19H19ClFNO3/c1-3-24-18-8-12-7-11(2)25-17(12)10-16(18)22-19(23)9-13-14(20)5-4-6-15(13)21/h4-6,8,10-11H,3,7,9H2,1-2H3,(H,22,23)/t11-/m1/s1. The van der Waals surface area contributed by atoms with Crippen molar-refractivity contribution in [2.75, 3.05) is 11.9 Å². The van der Waals surface area contributed by atoms with Crippen molar-refractivity contribution in [3.63, 3.8) is 0 Å². The highest BCUT2D eigenvalue weighted by Crippen LogP contribution is 2.38. The first-order valence-electron chi connectivity index (χ1n) is 8.17. The molecule has 0 radical (unpaired) electrons. The fourth-order valence-corrected chi connectivity index (χ4v) is 3.10. The number of amides is 1. The van der Waals surface area contributed by atoms with E-state index < -0.39 is 5.82 Å². The van der Waals surface area contributed by atoms with Crippen LogP contribution in [0.25, 0.3) is 0 Å². The van der Waals surface area contributed by atoms with Crippen LogP contribution in [-0.4, -0.2) is 18.6 Å². The minimum atomic E-state index is -0.501. The molecule has 2 aromatic rings. The van der Waals surface area contributed by atoms with Gasteiger partial charge >= 0.3 is 0 Å². The topological polar surface area (TPSA) is 47.6 Å². The van der Waals surface area contributed by atoms with Gasteiger partial charge in [-0.3, -0.25) is 4.79 Å². The number of benzene rings is 2. The number of carbonyl (C=O) groups is 1. The van der Waals surface area contributed by atoms with E-state index in [9.17, 15) is 9.18 Å².